The number of hydrogen-bond acceptors (Lipinski definition) is 3. The molecule has 3 N–H and O–H groups in total. The highest BCUT2D eigenvalue weighted by Gasteiger charge is 2.06. The van der Waals surface area contributed by atoms with Gasteiger partial charge in [0.05, 0.1) is 0 Å². The zero-order valence-electron chi connectivity index (χ0n) is 8.31. The third-order valence-electron chi connectivity index (χ3n) is 2.58. The minimum Gasteiger partial charge on any atom is -0.508 e. The second-order valence-corrected chi connectivity index (χ2v) is 3.56. The molecule has 0 bridgehead atoms. The number of phenols is 1. The van der Waals surface area contributed by atoms with Crippen LogP contribution in [0.4, 0.5) is 0 Å². The van der Waals surface area contributed by atoms with Crippen LogP contribution in [0, 0.1) is 6.92 Å². The van der Waals surface area contributed by atoms with Crippen molar-refractivity contribution in [3.63, 3.8) is 0 Å². The molecule has 0 fully saturated rings. The summed E-state index contributed by atoms with van der Waals surface area (Å²) in [6.45, 7) is 1.83. The fraction of sp³-hybridized carbons (Fsp3) is 0.167. The molecule has 0 radical (unpaired) electrons. The molecular formula is C12H12O3. The van der Waals surface area contributed by atoms with Crippen LogP contribution in [-0.4, -0.2) is 15.3 Å². The van der Waals surface area contributed by atoms with Gasteiger partial charge in [0.25, 0.3) is 0 Å². The number of hydrogen-bond donors (Lipinski definition) is 3. The van der Waals surface area contributed by atoms with Gasteiger partial charge in [-0.2, -0.15) is 0 Å². The molecule has 2 rings (SSSR count). The monoisotopic (exact) mass is 204 g/mol. The van der Waals surface area contributed by atoms with Crippen LogP contribution in [0.15, 0.2) is 30.3 Å². The SMILES string of the molecule is Cc1c(O)ccc2cc(C(O)O)ccc12. The summed E-state index contributed by atoms with van der Waals surface area (Å²) in [5, 5.41) is 29.3. The fourth-order valence-electron chi connectivity index (χ4n) is 1.65. The van der Waals surface area contributed by atoms with Gasteiger partial charge in [-0.3, -0.25) is 0 Å². The molecule has 0 amide bonds. The molecule has 0 aliphatic carbocycles. The average Bonchev–Trinajstić information content (AvgIpc) is 2.23. The van der Waals surface area contributed by atoms with Gasteiger partial charge >= 0.3 is 0 Å². The third kappa shape index (κ3) is 1.67. The summed E-state index contributed by atoms with van der Waals surface area (Å²) in [6, 6.07) is 8.47. The maximum Gasteiger partial charge on any atom is 0.178 e. The summed E-state index contributed by atoms with van der Waals surface area (Å²) in [5.74, 6) is 0.250. The highest BCUT2D eigenvalue weighted by molar-refractivity contribution is 5.88. The van der Waals surface area contributed by atoms with Gasteiger partial charge in [0.2, 0.25) is 0 Å². The lowest BCUT2D eigenvalue weighted by atomic mass is 10.0. The Balaban J connectivity index is 2.70. The van der Waals surface area contributed by atoms with Crippen LogP contribution in [0.25, 0.3) is 10.8 Å². The number of benzene rings is 2. The van der Waals surface area contributed by atoms with Gasteiger partial charge < -0.3 is 15.3 Å². The molecule has 0 heterocycles. The molecule has 3 nitrogen and oxygen atoms in total. The van der Waals surface area contributed by atoms with Crippen LogP contribution in [-0.2, 0) is 0 Å². The minimum absolute atomic E-state index is 0.250. The summed E-state index contributed by atoms with van der Waals surface area (Å²) in [6.07, 6.45) is -1.46. The van der Waals surface area contributed by atoms with Gasteiger partial charge in [-0.25, -0.2) is 0 Å². The standard InChI is InChI=1S/C12H12O3/c1-7-10-4-2-9(12(14)15)6-8(10)3-5-11(7)13/h2-6,12-15H,1H3. The number of aryl methyl sites for hydroxylation is 1. The molecule has 0 aliphatic heterocycles. The van der Waals surface area contributed by atoms with Crippen molar-refractivity contribution in [1.82, 2.24) is 0 Å². The zero-order chi connectivity index (χ0) is 11.0. The van der Waals surface area contributed by atoms with Crippen molar-refractivity contribution in [2.45, 2.75) is 13.2 Å². The predicted octanol–water partition coefficient (Wildman–Crippen LogP) is 1.84. The van der Waals surface area contributed by atoms with E-state index in [4.69, 9.17) is 10.2 Å². The normalized spacial score (nSPS) is 11.2. The second-order valence-electron chi connectivity index (χ2n) is 3.56. The number of fused-ring (bicyclic) bond motifs is 1. The lowest BCUT2D eigenvalue weighted by Gasteiger charge is -2.08. The van der Waals surface area contributed by atoms with Crippen LogP contribution in [0.3, 0.4) is 0 Å². The molecular weight excluding hydrogens is 192 g/mol. The van der Waals surface area contributed by atoms with Crippen molar-refractivity contribution in [3.05, 3.63) is 41.5 Å². The van der Waals surface area contributed by atoms with Crippen molar-refractivity contribution >= 4 is 10.8 Å². The minimum atomic E-state index is -1.46. The number of phenolic OH excluding ortho intramolecular Hbond substituents is 1. The van der Waals surface area contributed by atoms with Crippen LogP contribution in [0.5, 0.6) is 5.75 Å². The van der Waals surface area contributed by atoms with E-state index in [2.05, 4.69) is 0 Å². The molecule has 0 saturated carbocycles. The lowest BCUT2D eigenvalue weighted by Crippen LogP contribution is -1.94. The van der Waals surface area contributed by atoms with E-state index in [1.165, 1.54) is 0 Å². The van der Waals surface area contributed by atoms with Crippen LogP contribution >= 0.6 is 0 Å². The lowest BCUT2D eigenvalue weighted by molar-refractivity contribution is -0.0423. The molecule has 3 heteroatoms. The topological polar surface area (TPSA) is 60.7 Å². The molecule has 0 atom stereocenters. The quantitative estimate of drug-likeness (QED) is 0.621. The van der Waals surface area contributed by atoms with E-state index in [0.717, 1.165) is 16.3 Å². The van der Waals surface area contributed by atoms with Crippen molar-refractivity contribution in [2.75, 3.05) is 0 Å². The van der Waals surface area contributed by atoms with Crippen molar-refractivity contribution in [1.29, 1.82) is 0 Å². The Labute approximate surface area is 87.2 Å². The van der Waals surface area contributed by atoms with Crippen LogP contribution < -0.4 is 0 Å². The first-order valence-electron chi connectivity index (χ1n) is 4.68. The van der Waals surface area contributed by atoms with E-state index in [0.29, 0.717) is 5.56 Å². The summed E-state index contributed by atoms with van der Waals surface area (Å²) >= 11 is 0. The van der Waals surface area contributed by atoms with Gasteiger partial charge in [0.15, 0.2) is 6.29 Å². The summed E-state index contributed by atoms with van der Waals surface area (Å²) in [5.41, 5.74) is 1.25. The van der Waals surface area contributed by atoms with Crippen LogP contribution in [0.2, 0.25) is 0 Å². The summed E-state index contributed by atoms with van der Waals surface area (Å²) in [4.78, 5) is 0. The van der Waals surface area contributed by atoms with Gasteiger partial charge in [0, 0.05) is 5.56 Å². The first-order chi connectivity index (χ1) is 7.09. The summed E-state index contributed by atoms with van der Waals surface area (Å²) < 4.78 is 0. The summed E-state index contributed by atoms with van der Waals surface area (Å²) in [7, 11) is 0. The Kier molecular flexibility index (Phi) is 2.34. The van der Waals surface area contributed by atoms with E-state index >= 15 is 0 Å². The first-order valence-corrected chi connectivity index (χ1v) is 4.68. The van der Waals surface area contributed by atoms with Crippen LogP contribution in [0.1, 0.15) is 17.4 Å². The van der Waals surface area contributed by atoms with E-state index in [1.807, 2.05) is 6.92 Å². The smallest absolute Gasteiger partial charge is 0.178 e. The molecule has 0 aliphatic rings. The van der Waals surface area contributed by atoms with E-state index in [1.54, 1.807) is 30.3 Å². The maximum absolute atomic E-state index is 9.50. The number of aliphatic hydroxyl groups excluding tert-OH is 1. The van der Waals surface area contributed by atoms with Gasteiger partial charge in [0.1, 0.15) is 5.75 Å². The Morgan fingerprint density at radius 1 is 1.07 bits per heavy atom. The highest BCUT2D eigenvalue weighted by Crippen LogP contribution is 2.27. The number of aliphatic hydroxyl groups is 2. The van der Waals surface area contributed by atoms with Gasteiger partial charge in [-0.1, -0.05) is 18.2 Å². The molecule has 0 aromatic heterocycles. The zero-order valence-corrected chi connectivity index (χ0v) is 8.31. The Hall–Kier alpha value is -1.58. The van der Waals surface area contributed by atoms with Gasteiger partial charge in [-0.15, -0.1) is 0 Å². The molecule has 78 valence electrons. The first kappa shape index (κ1) is 9.96. The van der Waals surface area contributed by atoms with E-state index in [9.17, 15) is 5.11 Å². The van der Waals surface area contributed by atoms with Crippen molar-refractivity contribution in [2.24, 2.45) is 0 Å². The Morgan fingerprint density at radius 2 is 1.80 bits per heavy atom. The molecule has 0 saturated heterocycles. The molecule has 0 unspecified atom stereocenters. The number of rotatable bonds is 1. The molecule has 0 spiro atoms. The van der Waals surface area contributed by atoms with E-state index < -0.39 is 6.29 Å². The molecule has 2 aromatic rings. The van der Waals surface area contributed by atoms with Crippen molar-refractivity contribution < 1.29 is 15.3 Å². The Morgan fingerprint density at radius 3 is 2.47 bits per heavy atom. The predicted molar refractivity (Wildman–Crippen MR) is 57.5 cm³/mol. The maximum atomic E-state index is 9.50. The van der Waals surface area contributed by atoms with Gasteiger partial charge in [-0.05, 0) is 35.4 Å². The Bertz CT molecular complexity index is 503. The highest BCUT2D eigenvalue weighted by atomic mass is 16.5. The fourth-order valence-corrected chi connectivity index (χ4v) is 1.65. The second kappa shape index (κ2) is 3.53. The number of aromatic hydroxyl groups is 1. The largest absolute Gasteiger partial charge is 0.508 e. The van der Waals surface area contributed by atoms with Crippen molar-refractivity contribution in [3.8, 4) is 5.75 Å². The van der Waals surface area contributed by atoms with E-state index in [-0.39, 0.29) is 5.75 Å². The average molecular weight is 204 g/mol. The molecule has 15 heavy (non-hydrogen) atoms. The third-order valence-corrected chi connectivity index (χ3v) is 2.58. The molecule has 2 aromatic carbocycles.